The molecule has 4 heteroatoms. The molecule has 4 nitrogen and oxygen atoms in total. The van der Waals surface area contributed by atoms with Crippen LogP contribution in [0.2, 0.25) is 0 Å². The largest absolute Gasteiger partial charge is 0.478 e. The summed E-state index contributed by atoms with van der Waals surface area (Å²) in [6.45, 7) is 1.98. The number of carboxylic acids is 1. The lowest BCUT2D eigenvalue weighted by Gasteiger charge is -2.07. The van der Waals surface area contributed by atoms with Crippen LogP contribution >= 0.6 is 0 Å². The first-order valence-electron chi connectivity index (χ1n) is 5.56. The molecule has 0 saturated heterocycles. The van der Waals surface area contributed by atoms with Crippen LogP contribution in [-0.2, 0) is 11.3 Å². The van der Waals surface area contributed by atoms with Gasteiger partial charge in [0.15, 0.2) is 0 Å². The molecule has 1 aromatic heterocycles. The molecule has 0 radical (unpaired) electrons. The summed E-state index contributed by atoms with van der Waals surface area (Å²) < 4.78 is 1.51. The molecule has 0 atom stereocenters. The van der Waals surface area contributed by atoms with E-state index in [-0.39, 0.29) is 12.1 Å². The molecular weight excluding hydrogens is 230 g/mol. The van der Waals surface area contributed by atoms with Crippen LogP contribution in [0.5, 0.6) is 0 Å². The van der Waals surface area contributed by atoms with Crippen molar-refractivity contribution in [1.29, 1.82) is 0 Å². The summed E-state index contributed by atoms with van der Waals surface area (Å²) in [6.07, 6.45) is 2.80. The third kappa shape index (κ3) is 2.48. The number of hydrogen-bond donors (Lipinski definition) is 1. The van der Waals surface area contributed by atoms with Crippen molar-refractivity contribution in [2.24, 2.45) is 0 Å². The molecular formula is C14H13NO3. The van der Waals surface area contributed by atoms with Crippen molar-refractivity contribution in [2.75, 3.05) is 0 Å². The van der Waals surface area contributed by atoms with Crippen molar-refractivity contribution in [3.8, 4) is 0 Å². The van der Waals surface area contributed by atoms with E-state index in [0.29, 0.717) is 11.0 Å². The number of hydrogen-bond acceptors (Lipinski definition) is 2. The van der Waals surface area contributed by atoms with Crippen LogP contribution in [0.25, 0.3) is 10.8 Å². The third-order valence-corrected chi connectivity index (χ3v) is 2.68. The standard InChI is InChI=1S/C14H13NO3/c1-10(8-13(16)17)9-15-7-6-11-4-2-3-5-12(11)14(15)18/h2-8H,9H2,1H3,(H,16,17)/b10-8-. The van der Waals surface area contributed by atoms with Gasteiger partial charge in [0, 0.05) is 24.2 Å². The summed E-state index contributed by atoms with van der Waals surface area (Å²) in [5, 5.41) is 10.2. The van der Waals surface area contributed by atoms with Gasteiger partial charge in [-0.25, -0.2) is 4.79 Å². The van der Waals surface area contributed by atoms with Crippen molar-refractivity contribution in [2.45, 2.75) is 13.5 Å². The average Bonchev–Trinajstić information content (AvgIpc) is 2.32. The minimum absolute atomic E-state index is 0.105. The van der Waals surface area contributed by atoms with E-state index in [1.807, 2.05) is 24.3 Å². The number of fused-ring (bicyclic) bond motifs is 1. The highest BCUT2D eigenvalue weighted by molar-refractivity contribution is 5.81. The summed E-state index contributed by atoms with van der Waals surface area (Å²) in [5.41, 5.74) is 0.520. The van der Waals surface area contributed by atoms with Crippen LogP contribution in [0.3, 0.4) is 0 Å². The third-order valence-electron chi connectivity index (χ3n) is 2.68. The summed E-state index contributed by atoms with van der Waals surface area (Å²) in [6, 6.07) is 9.19. The van der Waals surface area contributed by atoms with Crippen LogP contribution in [0.1, 0.15) is 6.92 Å². The Morgan fingerprint density at radius 3 is 2.78 bits per heavy atom. The van der Waals surface area contributed by atoms with Crippen LogP contribution in [0.15, 0.2) is 53.0 Å². The van der Waals surface area contributed by atoms with Gasteiger partial charge >= 0.3 is 5.97 Å². The van der Waals surface area contributed by atoms with Gasteiger partial charge in [-0.3, -0.25) is 4.79 Å². The van der Waals surface area contributed by atoms with E-state index < -0.39 is 5.97 Å². The highest BCUT2D eigenvalue weighted by Crippen LogP contribution is 2.08. The molecule has 0 aliphatic heterocycles. The molecule has 18 heavy (non-hydrogen) atoms. The van der Waals surface area contributed by atoms with Crippen molar-refractivity contribution < 1.29 is 9.90 Å². The molecule has 0 unspecified atom stereocenters. The molecule has 0 saturated carbocycles. The molecule has 1 aromatic carbocycles. The van der Waals surface area contributed by atoms with E-state index in [0.717, 1.165) is 11.5 Å². The molecule has 1 heterocycles. The van der Waals surface area contributed by atoms with Gasteiger partial charge in [-0.15, -0.1) is 0 Å². The monoisotopic (exact) mass is 243 g/mol. The zero-order valence-corrected chi connectivity index (χ0v) is 9.96. The van der Waals surface area contributed by atoms with Crippen LogP contribution < -0.4 is 5.56 Å². The van der Waals surface area contributed by atoms with E-state index in [2.05, 4.69) is 0 Å². The highest BCUT2D eigenvalue weighted by Gasteiger charge is 2.03. The van der Waals surface area contributed by atoms with Gasteiger partial charge in [-0.2, -0.15) is 0 Å². The van der Waals surface area contributed by atoms with E-state index in [9.17, 15) is 9.59 Å². The summed E-state index contributed by atoms with van der Waals surface area (Å²) in [7, 11) is 0. The van der Waals surface area contributed by atoms with Gasteiger partial charge in [-0.05, 0) is 30.0 Å². The maximum absolute atomic E-state index is 12.1. The Balaban J connectivity index is 2.44. The molecule has 2 aromatic rings. The Morgan fingerprint density at radius 2 is 2.06 bits per heavy atom. The number of benzene rings is 1. The molecule has 0 aliphatic carbocycles. The minimum atomic E-state index is -0.999. The van der Waals surface area contributed by atoms with Crippen molar-refractivity contribution in [1.82, 2.24) is 4.57 Å². The second-order valence-corrected chi connectivity index (χ2v) is 4.16. The summed E-state index contributed by atoms with van der Waals surface area (Å²) in [4.78, 5) is 22.7. The average molecular weight is 243 g/mol. The molecule has 0 bridgehead atoms. The van der Waals surface area contributed by atoms with E-state index in [1.165, 1.54) is 4.57 Å². The Kier molecular flexibility index (Phi) is 3.28. The number of pyridine rings is 1. The number of carboxylic acid groups (broad SMARTS) is 1. The number of carbonyl (C=O) groups is 1. The smallest absolute Gasteiger partial charge is 0.328 e. The minimum Gasteiger partial charge on any atom is -0.478 e. The predicted molar refractivity (Wildman–Crippen MR) is 69.6 cm³/mol. The van der Waals surface area contributed by atoms with Gasteiger partial charge in [0.05, 0.1) is 0 Å². The predicted octanol–water partition coefficient (Wildman–Crippen LogP) is 2.03. The van der Waals surface area contributed by atoms with Crippen molar-refractivity contribution >= 4 is 16.7 Å². The maximum Gasteiger partial charge on any atom is 0.328 e. The number of rotatable bonds is 3. The summed E-state index contributed by atoms with van der Waals surface area (Å²) >= 11 is 0. The number of allylic oxidation sites excluding steroid dienone is 1. The fourth-order valence-corrected chi connectivity index (χ4v) is 1.88. The van der Waals surface area contributed by atoms with Gasteiger partial charge in [0.25, 0.3) is 5.56 Å². The zero-order valence-electron chi connectivity index (χ0n) is 9.96. The fraction of sp³-hybridized carbons (Fsp3) is 0.143. The normalized spacial score (nSPS) is 11.7. The van der Waals surface area contributed by atoms with Gasteiger partial charge in [0.2, 0.25) is 0 Å². The highest BCUT2D eigenvalue weighted by atomic mass is 16.4. The lowest BCUT2D eigenvalue weighted by atomic mass is 10.1. The first-order valence-corrected chi connectivity index (χ1v) is 5.56. The Labute approximate surface area is 104 Å². The van der Waals surface area contributed by atoms with Crippen molar-refractivity contribution in [3.05, 3.63) is 58.5 Å². The van der Waals surface area contributed by atoms with E-state index in [4.69, 9.17) is 5.11 Å². The Hall–Kier alpha value is -2.36. The second-order valence-electron chi connectivity index (χ2n) is 4.16. The van der Waals surface area contributed by atoms with Crippen molar-refractivity contribution in [3.63, 3.8) is 0 Å². The number of aromatic nitrogens is 1. The second kappa shape index (κ2) is 4.87. The molecule has 2 rings (SSSR count). The van der Waals surface area contributed by atoms with Crippen LogP contribution in [-0.4, -0.2) is 15.6 Å². The lowest BCUT2D eigenvalue weighted by Crippen LogP contribution is -2.20. The molecule has 1 N–H and O–H groups in total. The molecule has 0 amide bonds. The number of aliphatic carboxylic acids is 1. The van der Waals surface area contributed by atoms with Crippen LogP contribution in [0, 0.1) is 0 Å². The van der Waals surface area contributed by atoms with Gasteiger partial charge in [-0.1, -0.05) is 18.2 Å². The quantitative estimate of drug-likeness (QED) is 0.839. The lowest BCUT2D eigenvalue weighted by molar-refractivity contribution is -0.131. The van der Waals surface area contributed by atoms with Crippen LogP contribution in [0.4, 0.5) is 0 Å². The summed E-state index contributed by atoms with van der Waals surface area (Å²) in [5.74, 6) is -0.999. The Bertz CT molecular complexity index is 683. The Morgan fingerprint density at radius 1 is 1.33 bits per heavy atom. The molecule has 0 spiro atoms. The zero-order chi connectivity index (χ0) is 13.1. The molecule has 92 valence electrons. The van der Waals surface area contributed by atoms with E-state index >= 15 is 0 Å². The number of nitrogens with zero attached hydrogens (tertiary/aromatic N) is 1. The first kappa shape index (κ1) is 12.1. The topological polar surface area (TPSA) is 59.3 Å². The first-order chi connectivity index (χ1) is 8.58. The molecule has 0 aliphatic rings. The fourth-order valence-electron chi connectivity index (χ4n) is 1.88. The maximum atomic E-state index is 12.1. The SMILES string of the molecule is C/C(=C/C(=O)O)Cn1ccc2ccccc2c1=O. The van der Waals surface area contributed by atoms with E-state index in [1.54, 1.807) is 19.2 Å². The van der Waals surface area contributed by atoms with Gasteiger partial charge < -0.3 is 9.67 Å². The van der Waals surface area contributed by atoms with Gasteiger partial charge in [0.1, 0.15) is 0 Å². The molecule has 0 fully saturated rings.